The number of aryl methyl sites for hydroxylation is 2. The molecule has 0 aliphatic carbocycles. The maximum absolute atomic E-state index is 11.8. The molecule has 4 nitrogen and oxygen atoms in total. The van der Waals surface area contributed by atoms with E-state index in [2.05, 4.69) is 18.3 Å². The van der Waals surface area contributed by atoms with Crippen molar-refractivity contribution in [3.05, 3.63) is 75.6 Å². The number of quaternary nitrogens is 1. The fraction of sp³-hybridized carbons (Fsp3) is 0.250. The van der Waals surface area contributed by atoms with E-state index in [9.17, 15) is 4.79 Å². The molecule has 0 atom stereocenters. The number of hydrogen-bond donors (Lipinski definition) is 1. The van der Waals surface area contributed by atoms with Gasteiger partial charge < -0.3 is 14.5 Å². The summed E-state index contributed by atoms with van der Waals surface area (Å²) in [4.78, 5) is 11.8. The number of fused-ring (bicyclic) bond motifs is 1. The van der Waals surface area contributed by atoms with Crippen LogP contribution in [0.15, 0.2) is 57.7 Å². The van der Waals surface area contributed by atoms with E-state index in [0.717, 1.165) is 35.4 Å². The summed E-state index contributed by atoms with van der Waals surface area (Å²) in [6.07, 6.45) is 0. The first kappa shape index (κ1) is 16.3. The zero-order chi connectivity index (χ0) is 16.9. The molecular weight excluding hydrogens is 302 g/mol. The van der Waals surface area contributed by atoms with Crippen molar-refractivity contribution in [2.24, 2.45) is 0 Å². The van der Waals surface area contributed by atoms with Crippen molar-refractivity contribution in [3.8, 4) is 5.75 Å². The minimum absolute atomic E-state index is 0.297. The molecule has 124 valence electrons. The van der Waals surface area contributed by atoms with Gasteiger partial charge in [0.25, 0.3) is 0 Å². The normalized spacial score (nSPS) is 10.9. The average Bonchev–Trinajstić information content (AvgIpc) is 2.57. The predicted octanol–water partition coefficient (Wildman–Crippen LogP) is 2.55. The molecule has 3 aromatic rings. The van der Waals surface area contributed by atoms with Gasteiger partial charge in [-0.05, 0) is 49.2 Å². The van der Waals surface area contributed by atoms with Crippen LogP contribution in [-0.4, -0.2) is 13.2 Å². The summed E-state index contributed by atoms with van der Waals surface area (Å²) in [6, 6.07) is 15.4. The van der Waals surface area contributed by atoms with E-state index in [1.807, 2.05) is 43.3 Å². The Morgan fingerprint density at radius 3 is 2.58 bits per heavy atom. The molecule has 0 unspecified atom stereocenters. The Balaban J connectivity index is 1.64. The van der Waals surface area contributed by atoms with Crippen LogP contribution in [0.2, 0.25) is 0 Å². The van der Waals surface area contributed by atoms with E-state index in [0.29, 0.717) is 12.2 Å². The number of nitrogens with two attached hydrogens (primary N) is 1. The van der Waals surface area contributed by atoms with E-state index in [1.54, 1.807) is 6.07 Å². The second-order valence-corrected chi connectivity index (χ2v) is 5.97. The molecule has 2 aromatic carbocycles. The summed E-state index contributed by atoms with van der Waals surface area (Å²) in [5.41, 5.74) is 3.70. The van der Waals surface area contributed by atoms with Crippen LogP contribution in [0.4, 0.5) is 0 Å². The van der Waals surface area contributed by atoms with E-state index in [-0.39, 0.29) is 5.63 Å². The first-order valence-electron chi connectivity index (χ1n) is 8.17. The molecule has 0 spiro atoms. The van der Waals surface area contributed by atoms with Crippen LogP contribution in [0, 0.1) is 13.8 Å². The number of para-hydroxylation sites is 1. The van der Waals surface area contributed by atoms with Crippen molar-refractivity contribution in [1.82, 2.24) is 0 Å². The fourth-order valence-electron chi connectivity index (χ4n) is 2.69. The molecule has 2 N–H and O–H groups in total. The smallest absolute Gasteiger partial charge is 0.336 e. The summed E-state index contributed by atoms with van der Waals surface area (Å²) in [5, 5.41) is 3.16. The lowest BCUT2D eigenvalue weighted by Gasteiger charge is -2.08. The fourth-order valence-corrected chi connectivity index (χ4v) is 2.69. The second kappa shape index (κ2) is 7.32. The van der Waals surface area contributed by atoms with Gasteiger partial charge in [-0.1, -0.05) is 18.2 Å². The van der Waals surface area contributed by atoms with Crippen molar-refractivity contribution >= 4 is 11.0 Å². The van der Waals surface area contributed by atoms with Crippen molar-refractivity contribution in [2.45, 2.75) is 20.4 Å². The average molecular weight is 324 g/mol. The van der Waals surface area contributed by atoms with Crippen LogP contribution in [0.1, 0.15) is 16.7 Å². The van der Waals surface area contributed by atoms with Crippen LogP contribution in [0.3, 0.4) is 0 Å². The standard InChI is InChI=1S/C20H21NO3/c1-14-10-18-16(12-20(22)24-19(18)11-15(14)2)13-21-8-9-23-17-6-4-3-5-7-17/h3-7,10-12,21H,8-9,13H2,1-2H3/p+1. The Labute approximate surface area is 141 Å². The minimum atomic E-state index is -0.297. The monoisotopic (exact) mass is 324 g/mol. The summed E-state index contributed by atoms with van der Waals surface area (Å²) < 4.78 is 11.0. The van der Waals surface area contributed by atoms with Gasteiger partial charge in [-0.3, -0.25) is 0 Å². The highest BCUT2D eigenvalue weighted by molar-refractivity contribution is 5.81. The van der Waals surface area contributed by atoms with Gasteiger partial charge in [0.15, 0.2) is 0 Å². The minimum Gasteiger partial charge on any atom is -0.488 e. The Kier molecular flexibility index (Phi) is 4.96. The third-order valence-electron chi connectivity index (χ3n) is 4.14. The molecule has 0 saturated heterocycles. The summed E-state index contributed by atoms with van der Waals surface area (Å²) in [7, 11) is 0. The molecule has 4 heteroatoms. The zero-order valence-electron chi connectivity index (χ0n) is 14.0. The quantitative estimate of drug-likeness (QED) is 0.560. The van der Waals surface area contributed by atoms with Gasteiger partial charge in [0.1, 0.15) is 31.0 Å². The molecule has 0 aliphatic rings. The van der Waals surface area contributed by atoms with Crippen molar-refractivity contribution in [2.75, 3.05) is 13.2 Å². The third kappa shape index (κ3) is 3.84. The van der Waals surface area contributed by atoms with Crippen molar-refractivity contribution in [1.29, 1.82) is 0 Å². The van der Waals surface area contributed by atoms with Crippen LogP contribution in [-0.2, 0) is 6.54 Å². The number of ether oxygens (including phenoxy) is 1. The van der Waals surface area contributed by atoms with E-state index in [1.165, 1.54) is 5.56 Å². The van der Waals surface area contributed by atoms with Crippen LogP contribution in [0.5, 0.6) is 5.75 Å². The largest absolute Gasteiger partial charge is 0.488 e. The summed E-state index contributed by atoms with van der Waals surface area (Å²) in [6.45, 7) is 6.27. The summed E-state index contributed by atoms with van der Waals surface area (Å²) >= 11 is 0. The molecule has 1 aromatic heterocycles. The number of benzene rings is 2. The van der Waals surface area contributed by atoms with E-state index < -0.39 is 0 Å². The maximum atomic E-state index is 11.8. The van der Waals surface area contributed by atoms with Crippen LogP contribution in [0.25, 0.3) is 11.0 Å². The Morgan fingerprint density at radius 2 is 1.79 bits per heavy atom. The van der Waals surface area contributed by atoms with Crippen LogP contribution < -0.4 is 15.7 Å². The van der Waals surface area contributed by atoms with Crippen LogP contribution >= 0.6 is 0 Å². The molecule has 0 fully saturated rings. The molecule has 0 bridgehead atoms. The lowest BCUT2D eigenvalue weighted by atomic mass is 10.0. The lowest BCUT2D eigenvalue weighted by Crippen LogP contribution is -2.83. The maximum Gasteiger partial charge on any atom is 0.336 e. The molecule has 24 heavy (non-hydrogen) atoms. The molecule has 0 aliphatic heterocycles. The third-order valence-corrected chi connectivity index (χ3v) is 4.14. The zero-order valence-corrected chi connectivity index (χ0v) is 14.0. The van der Waals surface area contributed by atoms with E-state index >= 15 is 0 Å². The molecular formula is C20H22NO3+. The Morgan fingerprint density at radius 1 is 1.04 bits per heavy atom. The SMILES string of the molecule is Cc1cc2oc(=O)cc(C[NH2+]CCOc3ccccc3)c2cc1C. The highest BCUT2D eigenvalue weighted by Crippen LogP contribution is 2.21. The molecule has 1 heterocycles. The Bertz CT molecular complexity index is 885. The second-order valence-electron chi connectivity index (χ2n) is 5.97. The molecule has 0 amide bonds. The highest BCUT2D eigenvalue weighted by Gasteiger charge is 2.09. The Hall–Kier alpha value is -2.59. The predicted molar refractivity (Wildman–Crippen MR) is 94.4 cm³/mol. The molecule has 0 saturated carbocycles. The highest BCUT2D eigenvalue weighted by atomic mass is 16.5. The van der Waals surface area contributed by atoms with Crippen molar-refractivity contribution in [3.63, 3.8) is 0 Å². The first-order chi connectivity index (χ1) is 11.6. The summed E-state index contributed by atoms with van der Waals surface area (Å²) in [5.74, 6) is 0.878. The number of rotatable bonds is 6. The van der Waals surface area contributed by atoms with Gasteiger partial charge in [-0.15, -0.1) is 0 Å². The number of hydrogen-bond acceptors (Lipinski definition) is 3. The van der Waals surface area contributed by atoms with Gasteiger partial charge in [-0.25, -0.2) is 4.79 Å². The van der Waals surface area contributed by atoms with Gasteiger partial charge in [0, 0.05) is 17.0 Å². The molecule has 3 rings (SSSR count). The topological polar surface area (TPSA) is 56.0 Å². The van der Waals surface area contributed by atoms with E-state index in [4.69, 9.17) is 9.15 Å². The first-order valence-corrected chi connectivity index (χ1v) is 8.17. The van der Waals surface area contributed by atoms with Crippen molar-refractivity contribution < 1.29 is 14.5 Å². The molecule has 0 radical (unpaired) electrons. The van der Waals surface area contributed by atoms with Gasteiger partial charge in [-0.2, -0.15) is 0 Å². The van der Waals surface area contributed by atoms with Gasteiger partial charge in [0.2, 0.25) is 0 Å². The lowest BCUT2D eigenvalue weighted by molar-refractivity contribution is -0.671. The van der Waals surface area contributed by atoms with Gasteiger partial charge >= 0.3 is 5.63 Å². The van der Waals surface area contributed by atoms with Gasteiger partial charge in [0.05, 0.1) is 0 Å².